The van der Waals surface area contributed by atoms with Crippen LogP contribution in [0.25, 0.3) is 0 Å². The van der Waals surface area contributed by atoms with E-state index in [1.54, 1.807) is 5.38 Å². The molecule has 152 valence electrons. The van der Waals surface area contributed by atoms with E-state index in [0.717, 1.165) is 62.1 Å². The lowest BCUT2D eigenvalue weighted by molar-refractivity contribution is -0.128. The first-order valence-corrected chi connectivity index (χ1v) is 11.4. The fourth-order valence-corrected chi connectivity index (χ4v) is 4.69. The molecule has 1 saturated heterocycles. The Hall–Kier alpha value is -1.16. The second-order valence-corrected chi connectivity index (χ2v) is 8.66. The molecule has 1 atom stereocenters. The number of unbranched alkanes of at least 4 members (excludes halogenated alkanes) is 1. The van der Waals surface area contributed by atoms with Crippen LogP contribution in [-0.2, 0) is 9.53 Å². The molecule has 1 aromatic rings. The summed E-state index contributed by atoms with van der Waals surface area (Å²) in [5.74, 6) is -0.0783. The molecule has 2 heterocycles. The van der Waals surface area contributed by atoms with Crippen molar-refractivity contribution in [3.63, 3.8) is 0 Å². The standard InChI is InChI=1S/C18H29N3O4S2/c1-2-3-9-25-10-4-7-19-12-14-5-6-16(22)21(14)8-11-26-18-20-15(13-27-18)17(23)24/h13-14,19H,2-12H2,1H3,(H,23,24)/t14-/m1/s1. The summed E-state index contributed by atoms with van der Waals surface area (Å²) in [4.78, 5) is 29.0. The summed E-state index contributed by atoms with van der Waals surface area (Å²) in [7, 11) is 0. The first kappa shape index (κ1) is 22.1. The van der Waals surface area contributed by atoms with Gasteiger partial charge in [0, 0.05) is 49.9 Å². The number of carboxylic acid groups (broad SMARTS) is 1. The third kappa shape index (κ3) is 7.77. The number of carbonyl (C=O) groups is 2. The number of ether oxygens (including phenoxy) is 1. The maximum atomic E-state index is 12.1. The van der Waals surface area contributed by atoms with Crippen LogP contribution in [0.15, 0.2) is 9.72 Å². The highest BCUT2D eigenvalue weighted by Crippen LogP contribution is 2.24. The highest BCUT2D eigenvalue weighted by atomic mass is 32.2. The molecule has 0 bridgehead atoms. The fourth-order valence-electron chi connectivity index (χ4n) is 2.88. The smallest absolute Gasteiger partial charge is 0.355 e. The van der Waals surface area contributed by atoms with E-state index in [0.29, 0.717) is 13.0 Å². The number of rotatable bonds is 14. The van der Waals surface area contributed by atoms with Crippen LogP contribution in [0.2, 0.25) is 0 Å². The highest BCUT2D eigenvalue weighted by Gasteiger charge is 2.30. The van der Waals surface area contributed by atoms with Gasteiger partial charge in [0.25, 0.3) is 0 Å². The third-order valence-electron chi connectivity index (χ3n) is 4.38. The summed E-state index contributed by atoms with van der Waals surface area (Å²) in [6, 6.07) is 0.241. The summed E-state index contributed by atoms with van der Waals surface area (Å²) in [6.07, 6.45) is 4.76. The van der Waals surface area contributed by atoms with E-state index >= 15 is 0 Å². The number of aromatic nitrogens is 1. The molecule has 0 spiro atoms. The van der Waals surface area contributed by atoms with Crippen LogP contribution in [0.5, 0.6) is 0 Å². The molecule has 1 aromatic heterocycles. The second kappa shape index (κ2) is 12.3. The monoisotopic (exact) mass is 415 g/mol. The number of thiazole rings is 1. The van der Waals surface area contributed by atoms with Crippen molar-refractivity contribution >= 4 is 35.0 Å². The number of aromatic carboxylic acids is 1. The Morgan fingerprint density at radius 2 is 2.30 bits per heavy atom. The van der Waals surface area contributed by atoms with Crippen molar-refractivity contribution in [2.45, 2.75) is 49.4 Å². The lowest BCUT2D eigenvalue weighted by Gasteiger charge is -2.25. The van der Waals surface area contributed by atoms with Gasteiger partial charge in [0.1, 0.15) is 0 Å². The van der Waals surface area contributed by atoms with Crippen molar-refractivity contribution in [1.29, 1.82) is 0 Å². The van der Waals surface area contributed by atoms with Crippen molar-refractivity contribution in [2.24, 2.45) is 0 Å². The van der Waals surface area contributed by atoms with Gasteiger partial charge in [-0.25, -0.2) is 9.78 Å². The van der Waals surface area contributed by atoms with Crippen LogP contribution in [-0.4, -0.2) is 71.5 Å². The summed E-state index contributed by atoms with van der Waals surface area (Å²) in [5.41, 5.74) is 0.0838. The van der Waals surface area contributed by atoms with Gasteiger partial charge in [-0.15, -0.1) is 11.3 Å². The quantitative estimate of drug-likeness (QED) is 0.356. The number of nitrogens with one attached hydrogen (secondary N) is 1. The zero-order valence-corrected chi connectivity index (χ0v) is 17.4. The minimum Gasteiger partial charge on any atom is -0.476 e. The van der Waals surface area contributed by atoms with Gasteiger partial charge in [-0.2, -0.15) is 0 Å². The molecule has 1 fully saturated rings. The van der Waals surface area contributed by atoms with E-state index in [2.05, 4.69) is 17.2 Å². The maximum Gasteiger partial charge on any atom is 0.355 e. The molecule has 1 aliphatic rings. The first-order valence-electron chi connectivity index (χ1n) is 9.51. The normalized spacial score (nSPS) is 17.0. The average Bonchev–Trinajstić information content (AvgIpc) is 3.25. The van der Waals surface area contributed by atoms with Crippen LogP contribution < -0.4 is 5.32 Å². The maximum absolute atomic E-state index is 12.1. The molecule has 2 N–H and O–H groups in total. The molecular weight excluding hydrogens is 386 g/mol. The van der Waals surface area contributed by atoms with E-state index in [1.165, 1.54) is 23.1 Å². The van der Waals surface area contributed by atoms with Crippen molar-refractivity contribution in [3.05, 3.63) is 11.1 Å². The summed E-state index contributed by atoms with van der Waals surface area (Å²) in [6.45, 7) is 6.15. The summed E-state index contributed by atoms with van der Waals surface area (Å²) >= 11 is 2.84. The van der Waals surface area contributed by atoms with Gasteiger partial charge in [0.05, 0.1) is 0 Å². The lowest BCUT2D eigenvalue weighted by atomic mass is 10.2. The zero-order chi connectivity index (χ0) is 19.5. The molecule has 27 heavy (non-hydrogen) atoms. The van der Waals surface area contributed by atoms with Gasteiger partial charge in [-0.1, -0.05) is 25.1 Å². The average molecular weight is 416 g/mol. The lowest BCUT2D eigenvalue weighted by Crippen LogP contribution is -2.41. The predicted molar refractivity (Wildman–Crippen MR) is 108 cm³/mol. The molecule has 0 saturated carbocycles. The van der Waals surface area contributed by atoms with Crippen LogP contribution in [0.4, 0.5) is 0 Å². The third-order valence-corrected chi connectivity index (χ3v) is 6.38. The second-order valence-electron chi connectivity index (χ2n) is 6.46. The Morgan fingerprint density at radius 1 is 1.48 bits per heavy atom. The fraction of sp³-hybridized carbons (Fsp3) is 0.722. The van der Waals surface area contributed by atoms with Gasteiger partial charge >= 0.3 is 5.97 Å². The van der Waals surface area contributed by atoms with Crippen molar-refractivity contribution in [1.82, 2.24) is 15.2 Å². The van der Waals surface area contributed by atoms with Crippen LogP contribution in [0.3, 0.4) is 0 Å². The largest absolute Gasteiger partial charge is 0.476 e. The number of thioether (sulfide) groups is 1. The van der Waals surface area contributed by atoms with Crippen molar-refractivity contribution in [2.75, 3.05) is 38.6 Å². The van der Waals surface area contributed by atoms with Crippen LogP contribution in [0.1, 0.15) is 49.5 Å². The Kier molecular flexibility index (Phi) is 10.1. The molecule has 0 aromatic carbocycles. The van der Waals surface area contributed by atoms with Crippen molar-refractivity contribution < 1.29 is 19.4 Å². The Bertz CT molecular complexity index is 597. The molecule has 9 heteroatoms. The topological polar surface area (TPSA) is 91.8 Å². The van der Waals surface area contributed by atoms with Gasteiger partial charge in [-0.05, 0) is 25.8 Å². The van der Waals surface area contributed by atoms with Crippen LogP contribution in [0, 0.1) is 0 Å². The molecular formula is C18H29N3O4S2. The Labute approximate surface area is 168 Å². The number of nitrogens with zero attached hydrogens (tertiary/aromatic N) is 2. The molecule has 7 nitrogen and oxygen atoms in total. The molecule has 2 rings (SSSR count). The number of hydrogen-bond acceptors (Lipinski definition) is 7. The van der Waals surface area contributed by atoms with Gasteiger partial charge in [0.15, 0.2) is 10.0 Å². The SMILES string of the molecule is CCCCOCCCNC[C@H]1CCC(=O)N1CCSc1nc(C(=O)O)cs1. The van der Waals surface area contributed by atoms with Gasteiger partial charge in [0.2, 0.25) is 5.91 Å². The van der Waals surface area contributed by atoms with E-state index in [1.807, 2.05) is 4.90 Å². The Balaban J connectivity index is 1.62. The number of carboxylic acids is 1. The minimum absolute atomic E-state index is 0.0838. The molecule has 1 amide bonds. The Morgan fingerprint density at radius 3 is 3.04 bits per heavy atom. The first-order chi connectivity index (χ1) is 13.1. The number of amides is 1. The number of likely N-dealkylation sites (tertiary alicyclic amines) is 1. The van der Waals surface area contributed by atoms with E-state index < -0.39 is 5.97 Å². The summed E-state index contributed by atoms with van der Waals surface area (Å²) < 4.78 is 6.28. The molecule has 0 unspecified atom stereocenters. The number of hydrogen-bond donors (Lipinski definition) is 2. The predicted octanol–water partition coefficient (Wildman–Crippen LogP) is 2.72. The van der Waals surface area contributed by atoms with Crippen LogP contribution >= 0.6 is 23.1 Å². The molecule has 1 aliphatic heterocycles. The number of carbonyl (C=O) groups excluding carboxylic acids is 1. The van der Waals surface area contributed by atoms with E-state index in [9.17, 15) is 9.59 Å². The zero-order valence-electron chi connectivity index (χ0n) is 15.8. The van der Waals surface area contributed by atoms with E-state index in [-0.39, 0.29) is 17.6 Å². The summed E-state index contributed by atoms with van der Waals surface area (Å²) in [5, 5.41) is 13.9. The molecule has 0 radical (unpaired) electrons. The minimum atomic E-state index is -1.00. The van der Waals surface area contributed by atoms with Crippen molar-refractivity contribution in [3.8, 4) is 0 Å². The highest BCUT2D eigenvalue weighted by molar-refractivity contribution is 8.01. The molecule has 0 aliphatic carbocycles. The van der Waals surface area contributed by atoms with E-state index in [4.69, 9.17) is 9.84 Å². The van der Waals surface area contributed by atoms with Gasteiger partial charge in [-0.3, -0.25) is 4.79 Å². The van der Waals surface area contributed by atoms with Gasteiger partial charge < -0.3 is 20.1 Å².